The van der Waals surface area contributed by atoms with E-state index in [9.17, 15) is 13.4 Å². The highest BCUT2D eigenvalue weighted by molar-refractivity contribution is 7.84. The van der Waals surface area contributed by atoms with E-state index in [2.05, 4.69) is 5.32 Å². The number of hydrogen-bond acceptors (Lipinski definition) is 2. The minimum atomic E-state index is -1.36. The quantitative estimate of drug-likeness (QED) is 0.834. The molecular weight excluding hydrogens is 351 g/mol. The van der Waals surface area contributed by atoms with Gasteiger partial charge in [-0.3, -0.25) is 4.79 Å². The molecular formula is C20H25FN2O2S. The van der Waals surface area contributed by atoms with Gasteiger partial charge in [-0.05, 0) is 57.0 Å². The third-order valence-corrected chi connectivity index (χ3v) is 5.74. The average Bonchev–Trinajstić information content (AvgIpc) is 2.60. The fraction of sp³-hybridized carbons (Fsp3) is 0.350. The number of halogens is 1. The maximum absolute atomic E-state index is 13.1. The molecule has 1 amide bonds. The predicted octanol–water partition coefficient (Wildman–Crippen LogP) is 3.77. The number of carbonyl (C=O) groups excluding carboxylic acids is 1. The van der Waals surface area contributed by atoms with E-state index in [4.69, 9.17) is 0 Å². The van der Waals surface area contributed by atoms with Crippen molar-refractivity contribution < 1.29 is 13.4 Å². The SMILES string of the molecule is CN(C(Cc1ccccc1)C(=O)Nc1ccc(F)cc1)S(=O)C(C)(C)C. The monoisotopic (exact) mass is 376 g/mol. The molecule has 0 aliphatic carbocycles. The van der Waals surface area contributed by atoms with Crippen molar-refractivity contribution in [1.82, 2.24) is 4.31 Å². The third kappa shape index (κ3) is 5.47. The van der Waals surface area contributed by atoms with Gasteiger partial charge in [0.25, 0.3) is 0 Å². The lowest BCUT2D eigenvalue weighted by Crippen LogP contribution is -2.48. The lowest BCUT2D eigenvalue weighted by atomic mass is 10.1. The number of hydrogen-bond donors (Lipinski definition) is 1. The van der Waals surface area contributed by atoms with Crippen LogP contribution in [0.4, 0.5) is 10.1 Å². The van der Waals surface area contributed by atoms with Crippen LogP contribution in [-0.4, -0.2) is 32.3 Å². The van der Waals surface area contributed by atoms with Crippen LogP contribution in [0.1, 0.15) is 26.3 Å². The standard InChI is InChI=1S/C20H25FN2O2S/c1-20(2,3)26(25)23(4)18(14-15-8-6-5-7-9-15)19(24)22-17-12-10-16(21)11-13-17/h5-13,18H,14H2,1-4H3,(H,22,24). The summed E-state index contributed by atoms with van der Waals surface area (Å²) in [5.74, 6) is -0.643. The van der Waals surface area contributed by atoms with Crippen LogP contribution in [0.25, 0.3) is 0 Å². The first-order valence-corrected chi connectivity index (χ1v) is 9.54. The van der Waals surface area contributed by atoms with Crippen molar-refractivity contribution in [3.8, 4) is 0 Å². The molecule has 0 aromatic heterocycles. The first kappa shape index (κ1) is 20.3. The Morgan fingerprint density at radius 1 is 1.12 bits per heavy atom. The first-order chi connectivity index (χ1) is 12.2. The zero-order valence-electron chi connectivity index (χ0n) is 15.5. The normalized spacial score (nSPS) is 14.1. The molecule has 0 bridgehead atoms. The second kappa shape index (κ2) is 8.56. The van der Waals surface area contributed by atoms with Gasteiger partial charge in [-0.1, -0.05) is 30.3 Å². The van der Waals surface area contributed by atoms with E-state index in [0.717, 1.165) is 5.56 Å². The van der Waals surface area contributed by atoms with E-state index in [1.54, 1.807) is 11.4 Å². The van der Waals surface area contributed by atoms with E-state index in [1.165, 1.54) is 24.3 Å². The van der Waals surface area contributed by atoms with Gasteiger partial charge in [0.05, 0.1) is 4.75 Å². The Morgan fingerprint density at radius 2 is 1.69 bits per heavy atom. The van der Waals surface area contributed by atoms with E-state index >= 15 is 0 Å². The lowest BCUT2D eigenvalue weighted by molar-refractivity contribution is -0.119. The molecule has 2 unspecified atom stereocenters. The number of anilines is 1. The molecule has 0 spiro atoms. The molecule has 6 heteroatoms. The van der Waals surface area contributed by atoms with Gasteiger partial charge in [0.15, 0.2) is 0 Å². The predicted molar refractivity (Wildman–Crippen MR) is 105 cm³/mol. The Bertz CT molecular complexity index is 758. The van der Waals surface area contributed by atoms with Gasteiger partial charge in [-0.25, -0.2) is 12.9 Å². The molecule has 0 aliphatic heterocycles. The zero-order valence-corrected chi connectivity index (χ0v) is 16.3. The smallest absolute Gasteiger partial charge is 0.243 e. The molecule has 2 aromatic rings. The molecule has 0 saturated heterocycles. The average molecular weight is 376 g/mol. The highest BCUT2D eigenvalue weighted by Gasteiger charge is 2.33. The van der Waals surface area contributed by atoms with Gasteiger partial charge in [0, 0.05) is 12.7 Å². The molecule has 1 N–H and O–H groups in total. The van der Waals surface area contributed by atoms with E-state index in [1.807, 2.05) is 51.1 Å². The summed E-state index contributed by atoms with van der Waals surface area (Å²) < 4.78 is 27.0. The van der Waals surface area contributed by atoms with Gasteiger partial charge in [0.1, 0.15) is 22.8 Å². The van der Waals surface area contributed by atoms with Gasteiger partial charge >= 0.3 is 0 Å². The molecule has 2 rings (SSSR count). The van der Waals surface area contributed by atoms with E-state index in [0.29, 0.717) is 12.1 Å². The van der Waals surface area contributed by atoms with Crippen molar-refractivity contribution >= 4 is 22.6 Å². The van der Waals surface area contributed by atoms with E-state index in [-0.39, 0.29) is 11.7 Å². The maximum atomic E-state index is 13.1. The van der Waals surface area contributed by atoms with Gasteiger partial charge in [0.2, 0.25) is 5.91 Å². The second-order valence-corrected chi connectivity index (χ2v) is 9.41. The summed E-state index contributed by atoms with van der Waals surface area (Å²) in [5.41, 5.74) is 1.48. The molecule has 0 heterocycles. The van der Waals surface area contributed by atoms with Crippen LogP contribution in [0, 0.1) is 5.82 Å². The molecule has 2 aromatic carbocycles. The number of amides is 1. The Balaban J connectivity index is 2.25. The summed E-state index contributed by atoms with van der Waals surface area (Å²) in [4.78, 5) is 12.9. The number of nitrogens with zero attached hydrogens (tertiary/aromatic N) is 1. The van der Waals surface area contributed by atoms with Crippen LogP contribution in [-0.2, 0) is 22.2 Å². The van der Waals surface area contributed by atoms with Crippen LogP contribution in [0.5, 0.6) is 0 Å². The molecule has 0 radical (unpaired) electrons. The molecule has 2 atom stereocenters. The number of likely N-dealkylation sites (N-methyl/N-ethyl adjacent to an activating group) is 1. The molecule has 140 valence electrons. The minimum Gasteiger partial charge on any atom is -0.325 e. The molecule has 0 saturated carbocycles. The lowest BCUT2D eigenvalue weighted by Gasteiger charge is -2.31. The number of benzene rings is 2. The Hall–Kier alpha value is -2.05. The summed E-state index contributed by atoms with van der Waals surface area (Å²) in [6.45, 7) is 5.62. The van der Waals surface area contributed by atoms with Crippen molar-refractivity contribution in [1.29, 1.82) is 0 Å². The summed E-state index contributed by atoms with van der Waals surface area (Å²) >= 11 is 0. The van der Waals surface area contributed by atoms with Crippen LogP contribution in [0.15, 0.2) is 54.6 Å². The van der Waals surface area contributed by atoms with Crippen molar-refractivity contribution in [2.45, 2.75) is 38.0 Å². The van der Waals surface area contributed by atoms with Gasteiger partial charge < -0.3 is 5.32 Å². The fourth-order valence-corrected chi connectivity index (χ4v) is 3.80. The molecule has 26 heavy (non-hydrogen) atoms. The van der Waals surface area contributed by atoms with Crippen LogP contribution >= 0.6 is 0 Å². The third-order valence-electron chi connectivity index (χ3n) is 3.91. The number of carbonyl (C=O) groups is 1. The summed E-state index contributed by atoms with van der Waals surface area (Å²) in [5, 5.41) is 2.79. The molecule has 0 aliphatic rings. The van der Waals surface area contributed by atoms with Gasteiger partial charge in [-0.2, -0.15) is 0 Å². The highest BCUT2D eigenvalue weighted by atomic mass is 32.2. The largest absolute Gasteiger partial charge is 0.325 e. The van der Waals surface area contributed by atoms with Gasteiger partial charge in [-0.15, -0.1) is 0 Å². The van der Waals surface area contributed by atoms with Crippen molar-refractivity contribution in [2.24, 2.45) is 0 Å². The van der Waals surface area contributed by atoms with Crippen LogP contribution in [0.3, 0.4) is 0 Å². The van der Waals surface area contributed by atoms with Crippen molar-refractivity contribution in [3.05, 3.63) is 66.0 Å². The first-order valence-electron chi connectivity index (χ1n) is 8.43. The Kier molecular flexibility index (Phi) is 6.67. The second-order valence-electron chi connectivity index (χ2n) is 7.11. The van der Waals surface area contributed by atoms with Crippen molar-refractivity contribution in [2.75, 3.05) is 12.4 Å². The summed E-state index contributed by atoms with van der Waals surface area (Å²) in [6.07, 6.45) is 0.423. The zero-order chi connectivity index (χ0) is 19.3. The highest BCUT2D eigenvalue weighted by Crippen LogP contribution is 2.20. The van der Waals surface area contributed by atoms with Crippen LogP contribution < -0.4 is 5.32 Å². The Labute approximate surface area is 157 Å². The molecule has 0 fully saturated rings. The van der Waals surface area contributed by atoms with Crippen molar-refractivity contribution in [3.63, 3.8) is 0 Å². The maximum Gasteiger partial charge on any atom is 0.243 e. The number of nitrogens with one attached hydrogen (secondary N) is 1. The topological polar surface area (TPSA) is 49.4 Å². The van der Waals surface area contributed by atoms with E-state index < -0.39 is 21.8 Å². The molecule has 4 nitrogen and oxygen atoms in total. The summed E-state index contributed by atoms with van der Waals surface area (Å²) in [6, 6.07) is 14.6. The minimum absolute atomic E-state index is 0.277. The fourth-order valence-electron chi connectivity index (χ4n) is 2.53. The Morgan fingerprint density at radius 3 is 2.23 bits per heavy atom. The number of rotatable bonds is 6. The summed E-state index contributed by atoms with van der Waals surface area (Å²) in [7, 11) is 0.338. The van der Waals surface area contributed by atoms with Crippen LogP contribution in [0.2, 0.25) is 0 Å².